The number of hydrogen-bond donors (Lipinski definition) is 0. The number of hydrogen-bond acceptors (Lipinski definition) is 10. The molecule has 0 aromatic heterocycles. The van der Waals surface area contributed by atoms with Gasteiger partial charge in [-0.25, -0.2) is 9.10 Å². The van der Waals surface area contributed by atoms with Gasteiger partial charge in [0.25, 0.3) is 0 Å². The Morgan fingerprint density at radius 3 is 2.29 bits per heavy atom. The molecule has 0 N–H and O–H groups in total. The Labute approximate surface area is 185 Å². The maximum absolute atomic E-state index is 12.8. The lowest BCUT2D eigenvalue weighted by molar-refractivity contribution is -0.190. The van der Waals surface area contributed by atoms with Crippen LogP contribution < -0.4 is 14.2 Å². The molecule has 1 aliphatic heterocycles. The summed E-state index contributed by atoms with van der Waals surface area (Å²) in [5.74, 6) is -1.52. The third kappa shape index (κ3) is 5.53. The lowest BCUT2D eigenvalue weighted by Crippen LogP contribution is -2.63. The third-order valence-corrected chi connectivity index (χ3v) is 5.29. The Bertz CT molecular complexity index is 791. The van der Waals surface area contributed by atoms with Gasteiger partial charge in [0.15, 0.2) is 18.3 Å². The molecule has 1 aliphatic rings. The van der Waals surface area contributed by atoms with Crippen LogP contribution in [0, 0.1) is 5.92 Å². The van der Waals surface area contributed by atoms with E-state index >= 15 is 0 Å². The van der Waals surface area contributed by atoms with Crippen molar-refractivity contribution in [2.45, 2.75) is 33.1 Å². The molecule has 1 saturated heterocycles. The Morgan fingerprint density at radius 1 is 1.19 bits per heavy atom. The topological polar surface area (TPSA) is 110 Å². The van der Waals surface area contributed by atoms with E-state index < -0.39 is 30.2 Å². The molecular weight excluding hydrogens is 430 g/mol. The number of benzene rings is 1. The molecule has 1 aromatic carbocycles. The fourth-order valence-corrected chi connectivity index (χ4v) is 3.69. The van der Waals surface area contributed by atoms with Gasteiger partial charge in [-0.2, -0.15) is 0 Å². The van der Waals surface area contributed by atoms with Crippen LogP contribution in [0.25, 0.3) is 0 Å². The average Bonchev–Trinajstić information content (AvgIpc) is 2.73. The molecule has 0 bridgehead atoms. The van der Waals surface area contributed by atoms with Crippen molar-refractivity contribution in [2.24, 2.45) is 5.92 Å². The molecule has 2 rings (SSSR count). The summed E-state index contributed by atoms with van der Waals surface area (Å²) in [6.45, 7) is 5.10. The highest BCUT2D eigenvalue weighted by Crippen LogP contribution is 2.40. The zero-order valence-electron chi connectivity index (χ0n) is 18.3. The van der Waals surface area contributed by atoms with Crippen molar-refractivity contribution in [3.63, 3.8) is 0 Å². The first-order valence-corrected chi connectivity index (χ1v) is 10.7. The van der Waals surface area contributed by atoms with Crippen molar-refractivity contribution < 1.29 is 42.8 Å². The van der Waals surface area contributed by atoms with Gasteiger partial charge in [0.2, 0.25) is 17.9 Å². The van der Waals surface area contributed by atoms with E-state index in [0.717, 1.165) is 11.9 Å². The van der Waals surface area contributed by atoms with Gasteiger partial charge in [0, 0.05) is 19.8 Å². The number of nitrogens with zero attached hydrogens (tertiary/aromatic N) is 1. The van der Waals surface area contributed by atoms with Crippen LogP contribution in [0.4, 0.5) is 0 Å². The van der Waals surface area contributed by atoms with Crippen molar-refractivity contribution in [1.29, 1.82) is 0 Å². The predicted molar refractivity (Wildman–Crippen MR) is 111 cm³/mol. The van der Waals surface area contributed by atoms with E-state index in [1.165, 1.54) is 37.6 Å². The highest BCUT2D eigenvalue weighted by molar-refractivity contribution is 7.96. The summed E-state index contributed by atoms with van der Waals surface area (Å²) in [4.78, 5) is 36.5. The maximum atomic E-state index is 12.8. The summed E-state index contributed by atoms with van der Waals surface area (Å²) in [7, 11) is 2.85. The quantitative estimate of drug-likeness (QED) is 0.161. The first-order valence-electron chi connectivity index (χ1n) is 9.50. The Kier molecular flexibility index (Phi) is 8.81. The number of rotatable bonds is 11. The van der Waals surface area contributed by atoms with Gasteiger partial charge in [-0.05, 0) is 37.9 Å². The van der Waals surface area contributed by atoms with Gasteiger partial charge in [0.1, 0.15) is 12.0 Å². The molecule has 1 fully saturated rings. The first kappa shape index (κ1) is 24.6. The summed E-state index contributed by atoms with van der Waals surface area (Å²) < 4.78 is 33.4. The van der Waals surface area contributed by atoms with E-state index in [1.807, 2.05) is 6.92 Å². The number of esters is 2. The van der Waals surface area contributed by atoms with Crippen LogP contribution in [0.2, 0.25) is 0 Å². The number of amides is 1. The number of carbonyl (C=O) groups excluding carboxylic acids is 3. The molecule has 0 spiro atoms. The van der Waals surface area contributed by atoms with E-state index in [0.29, 0.717) is 6.61 Å². The van der Waals surface area contributed by atoms with E-state index in [9.17, 15) is 14.4 Å². The molecule has 0 radical (unpaired) electrons. The van der Waals surface area contributed by atoms with Gasteiger partial charge in [-0.1, -0.05) is 0 Å². The SMILES string of the molecule is CCOCOc1c(OC)cc(C(=O)O[C@H](C)[C@H]2C(=O)N(SC)[C@@H]2OC(C)=O)cc1OC. The molecule has 3 atom stereocenters. The second-order valence-electron chi connectivity index (χ2n) is 6.45. The molecule has 0 unspecified atom stereocenters. The summed E-state index contributed by atoms with van der Waals surface area (Å²) in [5.41, 5.74) is 0.141. The van der Waals surface area contributed by atoms with Crippen LogP contribution >= 0.6 is 11.9 Å². The number of methoxy groups -OCH3 is 2. The first-order chi connectivity index (χ1) is 14.8. The highest BCUT2D eigenvalue weighted by atomic mass is 32.2. The molecule has 1 amide bonds. The summed E-state index contributed by atoms with van der Waals surface area (Å²) in [6, 6.07) is 2.89. The third-order valence-electron chi connectivity index (χ3n) is 4.51. The second kappa shape index (κ2) is 11.1. The zero-order chi connectivity index (χ0) is 23.1. The molecular formula is C20H27NO9S. The molecule has 10 nitrogen and oxygen atoms in total. The molecule has 172 valence electrons. The molecule has 31 heavy (non-hydrogen) atoms. The maximum Gasteiger partial charge on any atom is 0.338 e. The Morgan fingerprint density at radius 2 is 1.81 bits per heavy atom. The van der Waals surface area contributed by atoms with Gasteiger partial charge in [0.05, 0.1) is 19.8 Å². The number of carbonyl (C=O) groups is 3. The van der Waals surface area contributed by atoms with Crippen LogP contribution in [0.3, 0.4) is 0 Å². The largest absolute Gasteiger partial charge is 0.493 e. The van der Waals surface area contributed by atoms with Crippen molar-refractivity contribution in [1.82, 2.24) is 4.31 Å². The minimum atomic E-state index is -0.835. The van der Waals surface area contributed by atoms with Crippen molar-refractivity contribution >= 4 is 29.8 Å². The second-order valence-corrected chi connectivity index (χ2v) is 7.21. The van der Waals surface area contributed by atoms with Gasteiger partial charge < -0.3 is 28.4 Å². The van der Waals surface area contributed by atoms with Gasteiger partial charge in [-0.3, -0.25) is 9.59 Å². The van der Waals surface area contributed by atoms with Crippen molar-refractivity contribution in [2.75, 3.05) is 33.9 Å². The minimum Gasteiger partial charge on any atom is -0.493 e. The van der Waals surface area contributed by atoms with Gasteiger partial charge in [-0.15, -0.1) is 0 Å². The fourth-order valence-electron chi connectivity index (χ4n) is 3.01. The summed E-state index contributed by atoms with van der Waals surface area (Å²) in [6.07, 6.45) is 0.0505. The summed E-state index contributed by atoms with van der Waals surface area (Å²) in [5, 5.41) is 0. The molecule has 1 heterocycles. The van der Waals surface area contributed by atoms with Gasteiger partial charge >= 0.3 is 11.9 Å². The Hall–Kier alpha value is -2.66. The fraction of sp³-hybridized carbons (Fsp3) is 0.550. The predicted octanol–water partition coefficient (Wildman–Crippen LogP) is 2.25. The van der Waals surface area contributed by atoms with Crippen LogP contribution in [-0.4, -0.2) is 68.4 Å². The number of β-lactam (4-membered cyclic amide) rings is 1. The average molecular weight is 458 g/mol. The molecule has 0 aliphatic carbocycles. The molecule has 1 aromatic rings. The Balaban J connectivity index is 2.18. The standard InChI is InChI=1S/C20H27NO9S/c1-7-27-10-28-17-14(25-4)8-13(9-15(17)26-5)20(24)29-11(2)16-18(23)21(31-6)19(16)30-12(3)22/h8-9,11,16,19H,7,10H2,1-6H3/t11-,16+,19-/m1/s1. The van der Waals surface area contributed by atoms with Crippen LogP contribution in [-0.2, 0) is 23.8 Å². The lowest BCUT2D eigenvalue weighted by Gasteiger charge is -2.45. The van der Waals surface area contributed by atoms with E-state index in [4.69, 9.17) is 28.4 Å². The zero-order valence-corrected chi connectivity index (χ0v) is 19.1. The normalized spacial score (nSPS) is 18.6. The molecule has 0 saturated carbocycles. The van der Waals surface area contributed by atoms with E-state index in [-0.39, 0.29) is 35.5 Å². The van der Waals surface area contributed by atoms with Crippen LogP contribution in [0.5, 0.6) is 17.2 Å². The van der Waals surface area contributed by atoms with E-state index in [2.05, 4.69) is 0 Å². The van der Waals surface area contributed by atoms with Crippen LogP contribution in [0.1, 0.15) is 31.1 Å². The monoisotopic (exact) mass is 457 g/mol. The highest BCUT2D eigenvalue weighted by Gasteiger charge is 2.54. The van der Waals surface area contributed by atoms with Crippen molar-refractivity contribution in [3.8, 4) is 17.2 Å². The number of ether oxygens (including phenoxy) is 6. The lowest BCUT2D eigenvalue weighted by atomic mass is 9.93. The van der Waals surface area contributed by atoms with E-state index in [1.54, 1.807) is 13.2 Å². The van der Waals surface area contributed by atoms with Crippen LogP contribution in [0.15, 0.2) is 12.1 Å². The summed E-state index contributed by atoms with van der Waals surface area (Å²) >= 11 is 1.13. The smallest absolute Gasteiger partial charge is 0.338 e. The van der Waals surface area contributed by atoms with Crippen molar-refractivity contribution in [3.05, 3.63) is 17.7 Å². The minimum absolute atomic E-state index is 0.0166. The molecule has 11 heteroatoms.